The number of aromatic nitrogens is 2. The highest BCUT2D eigenvalue weighted by atomic mass is 16.5. The molecule has 3 heterocycles. The Bertz CT molecular complexity index is 692. The highest BCUT2D eigenvalue weighted by molar-refractivity contribution is 5.96. The smallest absolute Gasteiger partial charge is 0.259 e. The summed E-state index contributed by atoms with van der Waals surface area (Å²) in [5, 5.41) is 0. The first-order valence-corrected chi connectivity index (χ1v) is 8.13. The monoisotopic (exact) mass is 309 g/mol. The predicted octanol–water partition coefficient (Wildman–Crippen LogP) is 3.14. The minimum Gasteiger partial charge on any atom is -0.437 e. The van der Waals surface area contributed by atoms with Crippen molar-refractivity contribution in [2.45, 2.75) is 19.3 Å². The van der Waals surface area contributed by atoms with Crippen LogP contribution in [-0.2, 0) is 0 Å². The van der Waals surface area contributed by atoms with Crippen molar-refractivity contribution >= 4 is 5.91 Å². The van der Waals surface area contributed by atoms with E-state index in [1.165, 1.54) is 19.3 Å². The zero-order chi connectivity index (χ0) is 15.6. The van der Waals surface area contributed by atoms with Crippen molar-refractivity contribution in [3.63, 3.8) is 0 Å². The topological polar surface area (TPSA) is 55.3 Å². The molecule has 0 radical (unpaired) electrons. The zero-order valence-corrected chi connectivity index (χ0v) is 12.9. The number of likely N-dealkylation sites (tertiary alicyclic amines) is 1. The normalized spacial score (nSPS) is 22.9. The lowest BCUT2D eigenvalue weighted by atomic mass is 10.0. The third-order valence-electron chi connectivity index (χ3n) is 4.86. The van der Waals surface area contributed by atoms with E-state index in [1.54, 1.807) is 42.9 Å². The van der Waals surface area contributed by atoms with Gasteiger partial charge in [0.05, 0.1) is 6.20 Å². The zero-order valence-electron chi connectivity index (χ0n) is 12.9. The summed E-state index contributed by atoms with van der Waals surface area (Å²) in [6.07, 6.45) is 8.74. The van der Waals surface area contributed by atoms with Gasteiger partial charge in [0.2, 0.25) is 5.88 Å². The van der Waals surface area contributed by atoms with Crippen LogP contribution in [0.1, 0.15) is 29.6 Å². The fourth-order valence-corrected chi connectivity index (χ4v) is 3.73. The van der Waals surface area contributed by atoms with Gasteiger partial charge in [0.25, 0.3) is 5.91 Å². The second-order valence-corrected chi connectivity index (χ2v) is 6.31. The van der Waals surface area contributed by atoms with Gasteiger partial charge in [0.15, 0.2) is 0 Å². The van der Waals surface area contributed by atoms with Gasteiger partial charge in [-0.05, 0) is 48.9 Å². The molecule has 2 atom stereocenters. The van der Waals surface area contributed by atoms with E-state index >= 15 is 0 Å². The quantitative estimate of drug-likeness (QED) is 0.874. The standard InChI is InChI=1S/C18H19N3O2/c22-18(21-11-13-4-1-5-14(13)12-21)16-7-3-9-20-17(16)23-15-6-2-8-19-10-15/h2-3,6-10,13-14H,1,4-5,11-12H2/t13-,14-/m0/s1. The summed E-state index contributed by atoms with van der Waals surface area (Å²) in [5.74, 6) is 2.31. The van der Waals surface area contributed by atoms with Crippen LogP contribution >= 0.6 is 0 Å². The third-order valence-corrected chi connectivity index (χ3v) is 4.86. The average molecular weight is 309 g/mol. The van der Waals surface area contributed by atoms with Crippen LogP contribution in [-0.4, -0.2) is 33.9 Å². The fraction of sp³-hybridized carbons (Fsp3) is 0.389. The van der Waals surface area contributed by atoms with Crippen molar-refractivity contribution in [3.8, 4) is 11.6 Å². The second-order valence-electron chi connectivity index (χ2n) is 6.31. The van der Waals surface area contributed by atoms with Gasteiger partial charge in [-0.15, -0.1) is 0 Å². The minimum atomic E-state index is 0.0198. The average Bonchev–Trinajstić information content (AvgIpc) is 3.17. The number of pyridine rings is 2. The summed E-state index contributed by atoms with van der Waals surface area (Å²) in [5.41, 5.74) is 0.524. The van der Waals surface area contributed by atoms with Crippen LogP contribution in [0.4, 0.5) is 0 Å². The van der Waals surface area contributed by atoms with Crippen LogP contribution in [0.15, 0.2) is 42.9 Å². The SMILES string of the molecule is O=C(c1cccnc1Oc1cccnc1)N1C[C@@H]2CCC[C@H]2C1. The van der Waals surface area contributed by atoms with Crippen LogP contribution in [0.5, 0.6) is 11.6 Å². The molecule has 4 rings (SSSR count). The van der Waals surface area contributed by atoms with Crippen LogP contribution in [0, 0.1) is 11.8 Å². The van der Waals surface area contributed by atoms with Crippen molar-refractivity contribution in [3.05, 3.63) is 48.4 Å². The summed E-state index contributed by atoms with van der Waals surface area (Å²) in [6, 6.07) is 7.16. The molecule has 1 saturated carbocycles. The highest BCUT2D eigenvalue weighted by Crippen LogP contribution is 2.38. The van der Waals surface area contributed by atoms with Gasteiger partial charge in [-0.2, -0.15) is 0 Å². The molecule has 1 aliphatic heterocycles. The number of carbonyl (C=O) groups excluding carboxylic acids is 1. The summed E-state index contributed by atoms with van der Waals surface area (Å²) < 4.78 is 5.76. The van der Waals surface area contributed by atoms with E-state index in [0.717, 1.165) is 13.1 Å². The van der Waals surface area contributed by atoms with Crippen molar-refractivity contribution in [2.75, 3.05) is 13.1 Å². The molecule has 0 spiro atoms. The molecule has 118 valence electrons. The van der Waals surface area contributed by atoms with Crippen molar-refractivity contribution in [1.82, 2.24) is 14.9 Å². The fourth-order valence-electron chi connectivity index (χ4n) is 3.73. The lowest BCUT2D eigenvalue weighted by Crippen LogP contribution is -2.29. The first-order valence-electron chi connectivity index (χ1n) is 8.13. The number of fused-ring (bicyclic) bond motifs is 1. The molecule has 0 unspecified atom stereocenters. The first-order chi connectivity index (χ1) is 11.3. The number of hydrogen-bond acceptors (Lipinski definition) is 4. The molecule has 0 bridgehead atoms. The number of ether oxygens (including phenoxy) is 1. The van der Waals surface area contributed by atoms with Crippen molar-refractivity contribution < 1.29 is 9.53 Å². The Morgan fingerprint density at radius 2 is 1.91 bits per heavy atom. The summed E-state index contributed by atoms with van der Waals surface area (Å²) in [7, 11) is 0. The van der Waals surface area contributed by atoms with Crippen LogP contribution in [0.2, 0.25) is 0 Å². The van der Waals surface area contributed by atoms with Gasteiger partial charge in [-0.3, -0.25) is 9.78 Å². The van der Waals surface area contributed by atoms with Gasteiger partial charge in [-0.25, -0.2) is 4.98 Å². The molecule has 2 fully saturated rings. The number of hydrogen-bond donors (Lipinski definition) is 0. The maximum atomic E-state index is 12.9. The van der Waals surface area contributed by atoms with Gasteiger partial charge < -0.3 is 9.64 Å². The predicted molar refractivity (Wildman–Crippen MR) is 85.3 cm³/mol. The van der Waals surface area contributed by atoms with E-state index in [-0.39, 0.29) is 5.91 Å². The molecule has 1 saturated heterocycles. The molecular weight excluding hydrogens is 290 g/mol. The van der Waals surface area contributed by atoms with Crippen molar-refractivity contribution in [2.24, 2.45) is 11.8 Å². The lowest BCUT2D eigenvalue weighted by Gasteiger charge is -2.18. The molecule has 0 N–H and O–H groups in total. The molecule has 2 aromatic heterocycles. The van der Waals surface area contributed by atoms with Crippen LogP contribution in [0.25, 0.3) is 0 Å². The third kappa shape index (κ3) is 2.79. The van der Waals surface area contributed by atoms with E-state index in [9.17, 15) is 4.79 Å². The Morgan fingerprint density at radius 1 is 1.13 bits per heavy atom. The molecule has 5 heteroatoms. The minimum absolute atomic E-state index is 0.0198. The van der Waals surface area contributed by atoms with Crippen LogP contribution < -0.4 is 4.74 Å². The number of carbonyl (C=O) groups is 1. The number of rotatable bonds is 3. The van der Waals surface area contributed by atoms with Gasteiger partial charge in [0, 0.05) is 25.5 Å². The van der Waals surface area contributed by atoms with Gasteiger partial charge in [0.1, 0.15) is 11.3 Å². The molecule has 1 amide bonds. The summed E-state index contributed by atoms with van der Waals surface area (Å²) >= 11 is 0. The molecule has 5 nitrogen and oxygen atoms in total. The largest absolute Gasteiger partial charge is 0.437 e. The summed E-state index contributed by atoms with van der Waals surface area (Å²) in [6.45, 7) is 1.73. The second kappa shape index (κ2) is 5.99. The van der Waals surface area contributed by atoms with E-state index in [4.69, 9.17) is 4.74 Å². The van der Waals surface area contributed by atoms with Crippen molar-refractivity contribution in [1.29, 1.82) is 0 Å². The van der Waals surface area contributed by atoms with E-state index in [0.29, 0.717) is 29.0 Å². The van der Waals surface area contributed by atoms with Gasteiger partial charge in [-0.1, -0.05) is 6.42 Å². The van der Waals surface area contributed by atoms with E-state index in [2.05, 4.69) is 9.97 Å². The lowest BCUT2D eigenvalue weighted by molar-refractivity contribution is 0.0777. The molecule has 2 aromatic rings. The molecule has 23 heavy (non-hydrogen) atoms. The van der Waals surface area contributed by atoms with E-state index in [1.807, 2.05) is 4.90 Å². The Kier molecular flexibility index (Phi) is 3.69. The van der Waals surface area contributed by atoms with Crippen LogP contribution in [0.3, 0.4) is 0 Å². The van der Waals surface area contributed by atoms with Gasteiger partial charge >= 0.3 is 0 Å². The molecule has 1 aliphatic carbocycles. The maximum Gasteiger partial charge on any atom is 0.259 e. The molecule has 2 aliphatic rings. The van der Waals surface area contributed by atoms with E-state index < -0.39 is 0 Å². The maximum absolute atomic E-state index is 12.9. The number of nitrogens with zero attached hydrogens (tertiary/aromatic N) is 3. The Balaban J connectivity index is 1.55. The number of amides is 1. The first kappa shape index (κ1) is 14.2. The molecular formula is C18H19N3O2. The Hall–Kier alpha value is -2.43. The Labute approximate surface area is 135 Å². The summed E-state index contributed by atoms with van der Waals surface area (Å²) in [4.78, 5) is 23.1. The molecule has 0 aromatic carbocycles. The Morgan fingerprint density at radius 3 is 2.65 bits per heavy atom. The highest BCUT2D eigenvalue weighted by Gasteiger charge is 2.38.